The fourth-order valence-corrected chi connectivity index (χ4v) is 2.70. The fourth-order valence-electron chi connectivity index (χ4n) is 2.70. The van der Waals surface area contributed by atoms with E-state index in [9.17, 15) is 9.59 Å². The quantitative estimate of drug-likeness (QED) is 0.795. The van der Waals surface area contributed by atoms with Gasteiger partial charge in [-0.1, -0.05) is 0 Å². The fraction of sp³-hybridized carbons (Fsp3) is 0.500. The van der Waals surface area contributed by atoms with Crippen LogP contribution in [0.3, 0.4) is 0 Å². The second-order valence-electron chi connectivity index (χ2n) is 5.44. The van der Waals surface area contributed by atoms with Crippen molar-refractivity contribution < 1.29 is 19.1 Å². The molecule has 1 saturated heterocycles. The summed E-state index contributed by atoms with van der Waals surface area (Å²) in [4.78, 5) is 25.7. The van der Waals surface area contributed by atoms with E-state index >= 15 is 0 Å². The number of primary amides is 1. The molecule has 22 heavy (non-hydrogen) atoms. The Bertz CT molecular complexity index is 551. The third-order valence-corrected chi connectivity index (χ3v) is 4.06. The molecule has 0 spiro atoms. The average molecular weight is 306 g/mol. The van der Waals surface area contributed by atoms with Gasteiger partial charge in [-0.2, -0.15) is 0 Å². The molecule has 0 saturated carbocycles. The van der Waals surface area contributed by atoms with E-state index in [2.05, 4.69) is 0 Å². The molecule has 6 nitrogen and oxygen atoms in total. The van der Waals surface area contributed by atoms with E-state index in [1.165, 1.54) is 7.11 Å². The first-order chi connectivity index (χ1) is 10.5. The molecule has 2 N–H and O–H groups in total. The van der Waals surface area contributed by atoms with Gasteiger partial charge in [0.1, 0.15) is 11.5 Å². The van der Waals surface area contributed by atoms with Crippen LogP contribution in [0.4, 0.5) is 0 Å². The van der Waals surface area contributed by atoms with Gasteiger partial charge in [-0.25, -0.2) is 0 Å². The second kappa shape index (κ2) is 7.26. The van der Waals surface area contributed by atoms with Crippen LogP contribution < -0.4 is 15.2 Å². The highest BCUT2D eigenvalue weighted by Crippen LogP contribution is 2.25. The molecule has 1 heterocycles. The summed E-state index contributed by atoms with van der Waals surface area (Å²) in [6.45, 7) is 1.70. The van der Waals surface area contributed by atoms with Crippen molar-refractivity contribution in [3.05, 3.63) is 23.8 Å². The summed E-state index contributed by atoms with van der Waals surface area (Å²) < 4.78 is 10.4. The van der Waals surface area contributed by atoms with Crippen molar-refractivity contribution in [3.8, 4) is 11.5 Å². The van der Waals surface area contributed by atoms with Crippen LogP contribution in [0.1, 0.15) is 23.2 Å². The highest BCUT2D eigenvalue weighted by molar-refractivity contribution is 6.00. The van der Waals surface area contributed by atoms with Crippen LogP contribution in [-0.2, 0) is 4.79 Å². The van der Waals surface area contributed by atoms with Gasteiger partial charge in [-0.3, -0.25) is 14.5 Å². The molecule has 1 aromatic rings. The summed E-state index contributed by atoms with van der Waals surface area (Å²) in [5.41, 5.74) is 5.83. The topological polar surface area (TPSA) is 81.9 Å². The van der Waals surface area contributed by atoms with Gasteiger partial charge in [-0.05, 0) is 44.1 Å². The number of hydrogen-bond donors (Lipinski definition) is 1. The third-order valence-electron chi connectivity index (χ3n) is 4.06. The lowest BCUT2D eigenvalue weighted by molar-refractivity contribution is -0.123. The van der Waals surface area contributed by atoms with E-state index in [1.54, 1.807) is 25.3 Å². The first-order valence-corrected chi connectivity index (χ1v) is 7.32. The zero-order valence-corrected chi connectivity index (χ0v) is 13.0. The standard InChI is InChI=1S/C16H22N2O4/c1-21-12-3-4-15(22-2)13(9-12)14(19)10-18-7-5-11(6-8-18)16(17)20/h3-4,9,11H,5-8,10H2,1-2H3,(H2,17,20). The molecule has 0 aromatic heterocycles. The highest BCUT2D eigenvalue weighted by Gasteiger charge is 2.25. The van der Waals surface area contributed by atoms with E-state index in [0.717, 1.165) is 0 Å². The minimum Gasteiger partial charge on any atom is -0.497 e. The molecule has 2 rings (SSSR count). The molecule has 120 valence electrons. The van der Waals surface area contributed by atoms with E-state index < -0.39 is 0 Å². The lowest BCUT2D eigenvalue weighted by Crippen LogP contribution is -2.40. The van der Waals surface area contributed by atoms with E-state index in [1.807, 2.05) is 4.90 Å². The molecule has 6 heteroatoms. The number of hydrogen-bond acceptors (Lipinski definition) is 5. The minimum absolute atomic E-state index is 0.0201. The average Bonchev–Trinajstić information content (AvgIpc) is 2.54. The molecule has 0 unspecified atom stereocenters. The van der Waals surface area contributed by atoms with Crippen LogP contribution in [0.25, 0.3) is 0 Å². The normalized spacial score (nSPS) is 16.3. The van der Waals surface area contributed by atoms with Gasteiger partial charge in [0.15, 0.2) is 5.78 Å². The van der Waals surface area contributed by atoms with Gasteiger partial charge >= 0.3 is 0 Å². The summed E-state index contributed by atoms with van der Waals surface area (Å²) in [6.07, 6.45) is 1.41. The molecular formula is C16H22N2O4. The molecule has 0 radical (unpaired) electrons. The molecule has 1 amide bonds. The molecular weight excluding hydrogens is 284 g/mol. The minimum atomic E-state index is -0.250. The number of piperidine rings is 1. The van der Waals surface area contributed by atoms with Crippen molar-refractivity contribution in [1.82, 2.24) is 4.90 Å². The van der Waals surface area contributed by atoms with Crippen molar-refractivity contribution in [3.63, 3.8) is 0 Å². The van der Waals surface area contributed by atoms with Gasteiger partial charge in [0.2, 0.25) is 5.91 Å². The SMILES string of the molecule is COc1ccc(OC)c(C(=O)CN2CCC(C(N)=O)CC2)c1. The maximum atomic E-state index is 12.5. The number of ether oxygens (including phenoxy) is 2. The number of nitrogens with two attached hydrogens (primary N) is 1. The lowest BCUT2D eigenvalue weighted by atomic mass is 9.96. The summed E-state index contributed by atoms with van der Waals surface area (Å²) >= 11 is 0. The van der Waals surface area contributed by atoms with Crippen LogP contribution in [0.15, 0.2) is 18.2 Å². The number of ketones is 1. The van der Waals surface area contributed by atoms with Crippen LogP contribution in [0.2, 0.25) is 0 Å². The van der Waals surface area contributed by atoms with Crippen LogP contribution in [0, 0.1) is 5.92 Å². The number of methoxy groups -OCH3 is 2. The summed E-state index contributed by atoms with van der Waals surface area (Å²) in [5, 5.41) is 0. The summed E-state index contributed by atoms with van der Waals surface area (Å²) in [5.74, 6) is 0.820. The molecule has 1 aromatic carbocycles. The van der Waals surface area contributed by atoms with Gasteiger partial charge in [-0.15, -0.1) is 0 Å². The predicted molar refractivity (Wildman–Crippen MR) is 82.2 cm³/mol. The van der Waals surface area contributed by atoms with Crippen LogP contribution >= 0.6 is 0 Å². The molecule has 1 aliphatic rings. The van der Waals surface area contributed by atoms with Gasteiger partial charge < -0.3 is 15.2 Å². The number of benzene rings is 1. The molecule has 0 atom stereocenters. The van der Waals surface area contributed by atoms with Gasteiger partial charge in [0, 0.05) is 5.92 Å². The number of amides is 1. The maximum absolute atomic E-state index is 12.5. The molecule has 0 aliphatic carbocycles. The first kappa shape index (κ1) is 16.3. The van der Waals surface area contributed by atoms with E-state index in [4.69, 9.17) is 15.2 Å². The Morgan fingerprint density at radius 2 is 1.91 bits per heavy atom. The smallest absolute Gasteiger partial charge is 0.220 e. The van der Waals surface area contributed by atoms with Crippen LogP contribution in [-0.4, -0.2) is 50.4 Å². The Kier molecular flexibility index (Phi) is 5.38. The Morgan fingerprint density at radius 1 is 1.23 bits per heavy atom. The Labute approximate surface area is 130 Å². The Balaban J connectivity index is 2.02. The number of carbonyl (C=O) groups is 2. The predicted octanol–water partition coefficient (Wildman–Crippen LogP) is 1.08. The van der Waals surface area contributed by atoms with Crippen molar-refractivity contribution >= 4 is 11.7 Å². The van der Waals surface area contributed by atoms with E-state index in [-0.39, 0.29) is 17.6 Å². The highest BCUT2D eigenvalue weighted by atomic mass is 16.5. The third kappa shape index (κ3) is 3.76. The largest absolute Gasteiger partial charge is 0.497 e. The maximum Gasteiger partial charge on any atom is 0.220 e. The molecule has 0 bridgehead atoms. The monoisotopic (exact) mass is 306 g/mol. The van der Waals surface area contributed by atoms with Crippen molar-refractivity contribution in [2.75, 3.05) is 33.9 Å². The number of carbonyl (C=O) groups excluding carboxylic acids is 2. The van der Waals surface area contributed by atoms with Gasteiger partial charge in [0.05, 0.1) is 26.3 Å². The molecule has 1 fully saturated rings. The summed E-state index contributed by atoms with van der Waals surface area (Å²) in [7, 11) is 3.10. The number of rotatable bonds is 6. The zero-order chi connectivity index (χ0) is 16.1. The zero-order valence-electron chi connectivity index (χ0n) is 13.0. The molecule has 1 aliphatic heterocycles. The Hall–Kier alpha value is -2.08. The van der Waals surface area contributed by atoms with Gasteiger partial charge in [0.25, 0.3) is 0 Å². The van der Waals surface area contributed by atoms with Crippen molar-refractivity contribution in [1.29, 1.82) is 0 Å². The van der Waals surface area contributed by atoms with Crippen molar-refractivity contribution in [2.45, 2.75) is 12.8 Å². The first-order valence-electron chi connectivity index (χ1n) is 7.32. The van der Waals surface area contributed by atoms with E-state index in [0.29, 0.717) is 49.5 Å². The number of Topliss-reactive ketones (excluding diaryl/α,β-unsaturated/α-hetero) is 1. The number of likely N-dealkylation sites (tertiary alicyclic amines) is 1. The summed E-state index contributed by atoms with van der Waals surface area (Å²) in [6, 6.07) is 5.18. The second-order valence-corrected chi connectivity index (χ2v) is 5.44. The Morgan fingerprint density at radius 3 is 2.45 bits per heavy atom. The van der Waals surface area contributed by atoms with Crippen LogP contribution in [0.5, 0.6) is 11.5 Å². The number of nitrogens with zero attached hydrogens (tertiary/aromatic N) is 1. The lowest BCUT2D eigenvalue weighted by Gasteiger charge is -2.29. The van der Waals surface area contributed by atoms with Crippen molar-refractivity contribution in [2.24, 2.45) is 11.7 Å².